The molecule has 0 aliphatic heterocycles. The van der Waals surface area contributed by atoms with Crippen LogP contribution >= 0.6 is 0 Å². The topological polar surface area (TPSA) is 56.0 Å². The van der Waals surface area contributed by atoms with Gasteiger partial charge in [0, 0.05) is 29.1 Å². The minimum absolute atomic E-state index is 0.157. The van der Waals surface area contributed by atoms with Crippen LogP contribution in [0.5, 0.6) is 0 Å². The number of nitro benzene ring substituents is 1. The lowest BCUT2D eigenvalue weighted by Crippen LogP contribution is -1.99. The smallest absolute Gasteiger partial charge is 0.258 e. The number of benzene rings is 2. The van der Waals surface area contributed by atoms with Crippen LogP contribution in [0.1, 0.15) is 44.5 Å². The maximum atomic E-state index is 11.1. The molecule has 0 unspecified atom stereocenters. The van der Waals surface area contributed by atoms with Gasteiger partial charge in [-0.3, -0.25) is 15.1 Å². The predicted octanol–water partition coefficient (Wildman–Crippen LogP) is 6.09. The summed E-state index contributed by atoms with van der Waals surface area (Å²) in [5.41, 5.74) is 3.74. The summed E-state index contributed by atoms with van der Waals surface area (Å²) in [5.74, 6) is 0. The number of fused-ring (bicyclic) bond motifs is 1. The molecule has 3 rings (SSSR count). The Morgan fingerprint density at radius 3 is 2.20 bits per heavy atom. The first-order valence-corrected chi connectivity index (χ1v) is 8.73. The Hall–Kier alpha value is -2.75. The van der Waals surface area contributed by atoms with E-state index in [0.717, 1.165) is 22.2 Å². The van der Waals surface area contributed by atoms with Crippen LogP contribution in [0.25, 0.3) is 10.9 Å². The van der Waals surface area contributed by atoms with E-state index < -0.39 is 0 Å². The third-order valence-corrected chi connectivity index (χ3v) is 3.59. The van der Waals surface area contributed by atoms with Crippen LogP contribution in [0.4, 0.5) is 5.69 Å². The minimum atomic E-state index is -0.334. The third-order valence-electron chi connectivity index (χ3n) is 3.59. The van der Waals surface area contributed by atoms with Crippen molar-refractivity contribution < 1.29 is 4.92 Å². The number of nitrogens with zero attached hydrogens (tertiary/aromatic N) is 2. The lowest BCUT2D eigenvalue weighted by atomic mass is 10.0. The first-order valence-electron chi connectivity index (χ1n) is 8.73. The summed E-state index contributed by atoms with van der Waals surface area (Å²) in [7, 11) is 0. The Balaban J connectivity index is 0.000000730. The number of hydrogen-bond acceptors (Lipinski definition) is 3. The fraction of sp³-hybridized carbons (Fsp3) is 0.286. The van der Waals surface area contributed by atoms with Gasteiger partial charge in [-0.15, -0.1) is 0 Å². The molecule has 1 aromatic heterocycles. The van der Waals surface area contributed by atoms with Gasteiger partial charge in [-0.1, -0.05) is 64.1 Å². The van der Waals surface area contributed by atoms with Crippen molar-refractivity contribution >= 4 is 16.6 Å². The van der Waals surface area contributed by atoms with Crippen LogP contribution in [0, 0.1) is 17.0 Å². The minimum Gasteiger partial charge on any atom is -0.258 e. The van der Waals surface area contributed by atoms with Crippen LogP contribution in [-0.2, 0) is 6.42 Å². The molecular formula is C21H26N2O2. The van der Waals surface area contributed by atoms with E-state index >= 15 is 0 Å². The molecule has 132 valence electrons. The van der Waals surface area contributed by atoms with E-state index in [0.29, 0.717) is 12.0 Å². The van der Waals surface area contributed by atoms with E-state index in [-0.39, 0.29) is 10.6 Å². The molecule has 0 atom stereocenters. The van der Waals surface area contributed by atoms with Gasteiger partial charge in [0.25, 0.3) is 5.69 Å². The highest BCUT2D eigenvalue weighted by Gasteiger charge is 2.14. The molecule has 0 amide bonds. The van der Waals surface area contributed by atoms with E-state index in [4.69, 9.17) is 0 Å². The maximum Gasteiger partial charge on any atom is 0.272 e. The molecule has 0 fully saturated rings. The number of aryl methyl sites for hydroxylation is 1. The zero-order valence-electron chi connectivity index (χ0n) is 15.6. The fourth-order valence-electron chi connectivity index (χ4n) is 2.48. The van der Waals surface area contributed by atoms with Crippen LogP contribution in [-0.4, -0.2) is 9.91 Å². The Bertz CT molecular complexity index is 829. The molecule has 4 heteroatoms. The molecule has 1 heterocycles. The molecule has 0 aliphatic carbocycles. The van der Waals surface area contributed by atoms with E-state index in [1.165, 1.54) is 0 Å². The summed E-state index contributed by atoms with van der Waals surface area (Å²) in [4.78, 5) is 15.3. The van der Waals surface area contributed by atoms with Gasteiger partial charge in [0.2, 0.25) is 0 Å². The zero-order chi connectivity index (χ0) is 18.8. The van der Waals surface area contributed by atoms with E-state index in [1.807, 2.05) is 65.0 Å². The van der Waals surface area contributed by atoms with Crippen LogP contribution < -0.4 is 0 Å². The van der Waals surface area contributed by atoms with Crippen molar-refractivity contribution in [3.63, 3.8) is 0 Å². The largest absolute Gasteiger partial charge is 0.272 e. The molecule has 0 saturated carbocycles. The second-order valence-electron chi connectivity index (χ2n) is 4.99. The highest BCUT2D eigenvalue weighted by molar-refractivity contribution is 5.79. The summed E-state index contributed by atoms with van der Waals surface area (Å²) < 4.78 is 0. The average Bonchev–Trinajstić information content (AvgIpc) is 2.66. The quantitative estimate of drug-likeness (QED) is 0.428. The SMILES string of the molecule is CC.CC.Cc1nc2ccccc2cc1Cc1ccccc1[N+](=O)[O-]. The molecule has 0 bridgehead atoms. The highest BCUT2D eigenvalue weighted by atomic mass is 16.6. The first-order chi connectivity index (χ1) is 12.1. The normalized spacial score (nSPS) is 9.48. The van der Waals surface area contributed by atoms with Crippen molar-refractivity contribution in [3.8, 4) is 0 Å². The van der Waals surface area contributed by atoms with Gasteiger partial charge in [0.05, 0.1) is 10.4 Å². The standard InChI is InChI=1S/C17H14N2O2.2C2H6/c1-12-15(10-13-6-2-4-8-16(13)18-12)11-14-7-3-5-9-17(14)19(20)21;2*1-2/h2-10H,11H2,1H3;2*1-2H3. The molecule has 0 N–H and O–H groups in total. The molecule has 0 saturated heterocycles. The van der Waals surface area contributed by atoms with Crippen molar-refractivity contribution in [3.05, 3.63) is 81.5 Å². The monoisotopic (exact) mass is 338 g/mol. The highest BCUT2D eigenvalue weighted by Crippen LogP contribution is 2.24. The van der Waals surface area contributed by atoms with Gasteiger partial charge >= 0.3 is 0 Å². The molecule has 0 radical (unpaired) electrons. The first kappa shape index (κ1) is 20.3. The number of pyridine rings is 1. The van der Waals surface area contributed by atoms with Gasteiger partial charge in [-0.05, 0) is 24.6 Å². The average molecular weight is 338 g/mol. The van der Waals surface area contributed by atoms with Gasteiger partial charge < -0.3 is 0 Å². The number of hydrogen-bond donors (Lipinski definition) is 0. The third kappa shape index (κ3) is 5.11. The van der Waals surface area contributed by atoms with E-state index in [9.17, 15) is 10.1 Å². The molecule has 2 aromatic carbocycles. The summed E-state index contributed by atoms with van der Waals surface area (Å²) >= 11 is 0. The van der Waals surface area contributed by atoms with Crippen LogP contribution in [0.2, 0.25) is 0 Å². The molecule has 25 heavy (non-hydrogen) atoms. The van der Waals surface area contributed by atoms with Gasteiger partial charge in [0.1, 0.15) is 0 Å². The van der Waals surface area contributed by atoms with Crippen LogP contribution in [0.3, 0.4) is 0 Å². The molecule has 0 spiro atoms. The number of aromatic nitrogens is 1. The van der Waals surface area contributed by atoms with Crippen molar-refractivity contribution in [1.82, 2.24) is 4.98 Å². The lowest BCUT2D eigenvalue weighted by molar-refractivity contribution is -0.385. The number of para-hydroxylation sites is 2. The summed E-state index contributed by atoms with van der Waals surface area (Å²) in [6.07, 6.45) is 0.515. The van der Waals surface area contributed by atoms with Gasteiger partial charge in [-0.2, -0.15) is 0 Å². The summed E-state index contributed by atoms with van der Waals surface area (Å²) in [5, 5.41) is 12.2. The fourth-order valence-corrected chi connectivity index (χ4v) is 2.48. The molecule has 3 aromatic rings. The molecular weight excluding hydrogens is 312 g/mol. The Labute approximate surface area is 149 Å². The second-order valence-corrected chi connectivity index (χ2v) is 4.99. The van der Waals surface area contributed by atoms with Crippen molar-refractivity contribution in [1.29, 1.82) is 0 Å². The Morgan fingerprint density at radius 2 is 1.52 bits per heavy atom. The zero-order valence-corrected chi connectivity index (χ0v) is 15.6. The summed E-state index contributed by atoms with van der Waals surface area (Å²) in [6.45, 7) is 9.94. The Morgan fingerprint density at radius 1 is 0.920 bits per heavy atom. The van der Waals surface area contributed by atoms with E-state index in [1.54, 1.807) is 18.2 Å². The van der Waals surface area contributed by atoms with Crippen molar-refractivity contribution in [2.75, 3.05) is 0 Å². The lowest BCUT2D eigenvalue weighted by Gasteiger charge is -2.08. The second kappa shape index (κ2) is 10.2. The number of nitro groups is 1. The molecule has 0 aliphatic rings. The number of rotatable bonds is 3. The predicted molar refractivity (Wildman–Crippen MR) is 105 cm³/mol. The molecule has 4 nitrogen and oxygen atoms in total. The van der Waals surface area contributed by atoms with Crippen molar-refractivity contribution in [2.45, 2.75) is 41.0 Å². The van der Waals surface area contributed by atoms with Crippen molar-refractivity contribution in [2.24, 2.45) is 0 Å². The Kier molecular flexibility index (Phi) is 8.27. The van der Waals surface area contributed by atoms with Gasteiger partial charge in [0.15, 0.2) is 0 Å². The van der Waals surface area contributed by atoms with Gasteiger partial charge in [-0.25, -0.2) is 0 Å². The van der Waals surface area contributed by atoms with E-state index in [2.05, 4.69) is 11.1 Å². The maximum absolute atomic E-state index is 11.1. The van der Waals surface area contributed by atoms with Crippen LogP contribution in [0.15, 0.2) is 54.6 Å². The summed E-state index contributed by atoms with van der Waals surface area (Å²) in [6, 6.07) is 16.8.